The van der Waals surface area contributed by atoms with E-state index >= 15 is 0 Å². The molecule has 2 nitrogen and oxygen atoms in total. The van der Waals surface area contributed by atoms with Gasteiger partial charge in [-0.2, -0.15) is 0 Å². The van der Waals surface area contributed by atoms with Gasteiger partial charge in [0.25, 0.3) is 0 Å². The summed E-state index contributed by atoms with van der Waals surface area (Å²) in [7, 11) is -0.746. The number of nitrogens with one attached hydrogen (secondary N) is 1. The molecule has 0 aliphatic rings. The lowest BCUT2D eigenvalue weighted by Gasteiger charge is -2.28. The van der Waals surface area contributed by atoms with Gasteiger partial charge in [-0.25, -0.2) is 0 Å². The van der Waals surface area contributed by atoms with Gasteiger partial charge >= 0.3 is 0 Å². The minimum Gasteiger partial charge on any atom is -0.507 e. The lowest BCUT2D eigenvalue weighted by atomic mass is 9.79. The molecule has 0 atom stereocenters. The van der Waals surface area contributed by atoms with Gasteiger partial charge in [0.2, 0.25) is 0 Å². The Hall–Kier alpha value is -3.09. The molecule has 0 aliphatic heterocycles. The summed E-state index contributed by atoms with van der Waals surface area (Å²) in [5, 5.41) is 19.0. The molecule has 0 spiro atoms. The molecule has 0 aromatic heterocycles. The Morgan fingerprint density at radius 2 is 1.27 bits per heavy atom. The molecule has 0 radical (unpaired) electrons. The predicted molar refractivity (Wildman–Crippen MR) is 163 cm³/mol. The van der Waals surface area contributed by atoms with Crippen LogP contribution in [0.3, 0.4) is 0 Å². The Kier molecular flexibility index (Phi) is 7.81. The van der Waals surface area contributed by atoms with E-state index < -0.39 is 7.92 Å². The zero-order valence-corrected chi connectivity index (χ0v) is 24.2. The quantitative estimate of drug-likeness (QED) is 0.262. The van der Waals surface area contributed by atoms with Crippen LogP contribution in [0.25, 0.3) is 0 Å². The normalized spacial score (nSPS) is 12.1. The van der Waals surface area contributed by atoms with Crippen LogP contribution in [0.15, 0.2) is 91.0 Å². The predicted octanol–water partition coefficient (Wildman–Crippen LogP) is 7.67. The van der Waals surface area contributed by atoms with Crippen molar-refractivity contribution in [1.82, 2.24) is 0 Å². The number of hydrogen-bond acceptors (Lipinski definition) is 2. The first-order valence-electron chi connectivity index (χ1n) is 13.1. The Morgan fingerprint density at radius 1 is 0.703 bits per heavy atom. The van der Waals surface area contributed by atoms with Gasteiger partial charge in [0, 0.05) is 23.1 Å². The van der Waals surface area contributed by atoms with Crippen LogP contribution in [-0.4, -0.2) is 5.11 Å². The van der Waals surface area contributed by atoms with E-state index in [-0.39, 0.29) is 10.8 Å². The third-order valence-electron chi connectivity index (χ3n) is 6.76. The third kappa shape index (κ3) is 6.25. The minimum atomic E-state index is -0.746. The molecule has 192 valence electrons. The van der Waals surface area contributed by atoms with Crippen molar-refractivity contribution in [3.8, 4) is 5.75 Å². The molecule has 0 amide bonds. The van der Waals surface area contributed by atoms with E-state index in [1.165, 1.54) is 27.0 Å². The topological polar surface area (TPSA) is 32.3 Å². The number of rotatable bonds is 6. The number of anilines is 1. The summed E-state index contributed by atoms with van der Waals surface area (Å²) in [6.45, 7) is 15.9. The summed E-state index contributed by atoms with van der Waals surface area (Å²) in [4.78, 5) is 0. The van der Waals surface area contributed by atoms with Gasteiger partial charge < -0.3 is 10.4 Å². The van der Waals surface area contributed by atoms with Gasteiger partial charge in [-0.3, -0.25) is 0 Å². The van der Waals surface area contributed by atoms with Crippen LogP contribution in [-0.2, 0) is 17.4 Å². The van der Waals surface area contributed by atoms with Crippen LogP contribution < -0.4 is 21.2 Å². The molecule has 0 heterocycles. The molecular formula is C34H40NOP. The van der Waals surface area contributed by atoms with Crippen molar-refractivity contribution in [2.24, 2.45) is 0 Å². The Morgan fingerprint density at radius 3 is 1.78 bits per heavy atom. The van der Waals surface area contributed by atoms with Gasteiger partial charge in [-0.05, 0) is 65.6 Å². The highest BCUT2D eigenvalue weighted by Crippen LogP contribution is 2.39. The van der Waals surface area contributed by atoms with Crippen molar-refractivity contribution in [2.45, 2.75) is 65.8 Å². The van der Waals surface area contributed by atoms with E-state index in [4.69, 9.17) is 0 Å². The van der Waals surface area contributed by atoms with Crippen LogP contribution in [0.1, 0.15) is 63.8 Å². The molecule has 0 bridgehead atoms. The second-order valence-corrected chi connectivity index (χ2v) is 14.1. The van der Waals surface area contributed by atoms with E-state index in [0.717, 1.165) is 16.8 Å². The summed E-state index contributed by atoms with van der Waals surface area (Å²) in [6.07, 6.45) is 0. The largest absolute Gasteiger partial charge is 0.507 e. The van der Waals surface area contributed by atoms with Crippen molar-refractivity contribution in [3.05, 3.63) is 113 Å². The second-order valence-electron chi connectivity index (χ2n) is 11.9. The van der Waals surface area contributed by atoms with E-state index in [9.17, 15) is 5.11 Å². The molecule has 4 aromatic carbocycles. The summed E-state index contributed by atoms with van der Waals surface area (Å²) in [5.74, 6) is 0.398. The molecule has 3 heteroatoms. The average Bonchev–Trinajstić information content (AvgIpc) is 2.84. The first kappa shape index (κ1) is 27.0. The molecule has 0 saturated heterocycles. The molecule has 37 heavy (non-hydrogen) atoms. The van der Waals surface area contributed by atoms with E-state index in [1.54, 1.807) is 0 Å². The number of aryl methyl sites for hydroxylation is 1. The minimum absolute atomic E-state index is 0.00753. The van der Waals surface area contributed by atoms with Crippen molar-refractivity contribution in [3.63, 3.8) is 0 Å². The summed E-state index contributed by atoms with van der Waals surface area (Å²) in [6, 6.07) is 32.6. The number of hydrogen-bond donors (Lipinski definition) is 2. The van der Waals surface area contributed by atoms with Crippen LogP contribution in [0.2, 0.25) is 0 Å². The van der Waals surface area contributed by atoms with Crippen LogP contribution in [0.5, 0.6) is 5.75 Å². The summed E-state index contributed by atoms with van der Waals surface area (Å²) < 4.78 is 0. The number of phenolic OH excluding ortho intramolecular Hbond substituents is 1. The van der Waals surface area contributed by atoms with E-state index in [1.807, 2.05) is 0 Å². The van der Waals surface area contributed by atoms with Gasteiger partial charge in [0.05, 0.1) is 0 Å². The maximum Gasteiger partial charge on any atom is 0.124 e. The van der Waals surface area contributed by atoms with Crippen molar-refractivity contribution in [1.29, 1.82) is 0 Å². The van der Waals surface area contributed by atoms with Crippen LogP contribution >= 0.6 is 7.92 Å². The SMILES string of the molecule is Cc1ccc(NCc2cc(C(C)(C)C)cc(C(C)(C)C)c2O)c(P(c2ccccc2)c2ccccc2)c1. The molecule has 0 fully saturated rings. The maximum absolute atomic E-state index is 11.3. The molecule has 0 saturated carbocycles. The monoisotopic (exact) mass is 509 g/mol. The second kappa shape index (κ2) is 10.7. The Labute approximate surface area is 224 Å². The van der Waals surface area contributed by atoms with Crippen LogP contribution in [0.4, 0.5) is 5.69 Å². The lowest BCUT2D eigenvalue weighted by Crippen LogP contribution is -2.24. The fourth-order valence-corrected chi connectivity index (χ4v) is 7.10. The highest BCUT2D eigenvalue weighted by atomic mass is 31.1. The van der Waals surface area contributed by atoms with E-state index in [2.05, 4.69) is 145 Å². The third-order valence-corrected chi connectivity index (χ3v) is 9.24. The first-order valence-corrected chi connectivity index (χ1v) is 14.4. The average molecular weight is 510 g/mol. The number of benzene rings is 4. The highest BCUT2D eigenvalue weighted by Gasteiger charge is 2.25. The first-order chi connectivity index (χ1) is 17.4. The molecule has 0 unspecified atom stereocenters. The number of phenols is 1. The van der Waals surface area contributed by atoms with Crippen molar-refractivity contribution >= 4 is 29.5 Å². The molecule has 2 N–H and O–H groups in total. The zero-order valence-electron chi connectivity index (χ0n) is 23.3. The fraction of sp³-hybridized carbons (Fsp3) is 0.294. The molecule has 4 rings (SSSR count). The maximum atomic E-state index is 11.3. The van der Waals surface area contributed by atoms with Gasteiger partial charge in [0.1, 0.15) is 5.75 Å². The lowest BCUT2D eigenvalue weighted by molar-refractivity contribution is 0.439. The zero-order chi connectivity index (χ0) is 26.8. The summed E-state index contributed by atoms with van der Waals surface area (Å²) in [5.41, 5.74) is 5.38. The summed E-state index contributed by atoms with van der Waals surface area (Å²) >= 11 is 0. The van der Waals surface area contributed by atoms with Gasteiger partial charge in [-0.15, -0.1) is 0 Å². The van der Waals surface area contributed by atoms with Gasteiger partial charge in [0.15, 0.2) is 0 Å². The smallest absolute Gasteiger partial charge is 0.124 e. The van der Waals surface area contributed by atoms with Gasteiger partial charge in [-0.1, -0.05) is 120 Å². The highest BCUT2D eigenvalue weighted by molar-refractivity contribution is 7.80. The fourth-order valence-electron chi connectivity index (χ4n) is 4.58. The number of aromatic hydroxyl groups is 1. The van der Waals surface area contributed by atoms with Crippen molar-refractivity contribution in [2.75, 3.05) is 5.32 Å². The Bertz CT molecular complexity index is 1310. The molecule has 0 aliphatic carbocycles. The standard InChI is InChI=1S/C34H40NOP/c1-24-18-19-30(31(20-24)37(27-14-10-8-11-15-27)28-16-12-9-13-17-28)35-23-25-21-26(33(2,3)4)22-29(32(25)36)34(5,6)7/h8-22,35-36H,23H2,1-7H3. The van der Waals surface area contributed by atoms with E-state index in [0.29, 0.717) is 12.3 Å². The molecular weight excluding hydrogens is 469 g/mol. The molecule has 4 aromatic rings. The van der Waals surface area contributed by atoms with Crippen LogP contribution in [0, 0.1) is 6.92 Å². The van der Waals surface area contributed by atoms with Crippen molar-refractivity contribution < 1.29 is 5.11 Å². The Balaban J connectivity index is 1.79.